The van der Waals surface area contributed by atoms with Gasteiger partial charge in [-0.25, -0.2) is 4.98 Å². The van der Waals surface area contributed by atoms with Gasteiger partial charge in [0.25, 0.3) is 0 Å². The first-order chi connectivity index (χ1) is 18.0. The van der Waals surface area contributed by atoms with Gasteiger partial charge < -0.3 is 21.3 Å². The molecule has 0 bridgehead atoms. The first-order valence-corrected chi connectivity index (χ1v) is 12.5. The summed E-state index contributed by atoms with van der Waals surface area (Å²) in [4.78, 5) is 42.4. The van der Waals surface area contributed by atoms with E-state index in [1.54, 1.807) is 36.5 Å². The lowest BCUT2D eigenvalue weighted by Gasteiger charge is -2.28. The summed E-state index contributed by atoms with van der Waals surface area (Å²) in [6, 6.07) is 6.80. The summed E-state index contributed by atoms with van der Waals surface area (Å²) < 4.78 is 37.5. The highest BCUT2D eigenvalue weighted by Crippen LogP contribution is 2.40. The summed E-state index contributed by atoms with van der Waals surface area (Å²) in [5.41, 5.74) is 5.77. The Kier molecular flexibility index (Phi) is 9.90. The summed E-state index contributed by atoms with van der Waals surface area (Å²) in [5.74, 6) is -3.04. The third kappa shape index (κ3) is 7.59. The molecule has 3 atom stereocenters. The van der Waals surface area contributed by atoms with Gasteiger partial charge in [0.15, 0.2) is 0 Å². The molecule has 0 spiro atoms. The zero-order valence-electron chi connectivity index (χ0n) is 22.9. The van der Waals surface area contributed by atoms with Crippen molar-refractivity contribution >= 4 is 34.3 Å². The zero-order chi connectivity index (χ0) is 29.7. The van der Waals surface area contributed by atoms with Gasteiger partial charge in [0.05, 0.1) is 12.6 Å². The van der Waals surface area contributed by atoms with Crippen molar-refractivity contribution in [2.45, 2.75) is 59.8 Å². The highest BCUT2D eigenvalue weighted by molar-refractivity contribution is 5.95. The maximum absolute atomic E-state index is 13.3. The summed E-state index contributed by atoms with van der Waals surface area (Å²) in [6.07, 6.45) is -3.74. The Morgan fingerprint density at radius 3 is 2.31 bits per heavy atom. The molecule has 2 aromatic rings. The topological polar surface area (TPSA) is 141 Å². The molecule has 0 saturated carbocycles. The molecule has 12 heteroatoms. The average molecular weight is 549 g/mol. The fourth-order valence-corrected chi connectivity index (χ4v) is 4.22. The van der Waals surface area contributed by atoms with E-state index in [0.29, 0.717) is 16.3 Å². The molecule has 1 aromatic carbocycles. The molecule has 0 radical (unpaired) electrons. The van der Waals surface area contributed by atoms with Crippen molar-refractivity contribution in [3.05, 3.63) is 36.0 Å². The lowest BCUT2D eigenvalue weighted by molar-refractivity contribution is -0.174. The molecule has 3 rings (SSSR count). The van der Waals surface area contributed by atoms with Crippen LogP contribution in [0.5, 0.6) is 0 Å². The number of likely N-dealkylation sites (tertiary alicyclic amines) is 1. The number of pyridine rings is 1. The fraction of sp³-hybridized carbons (Fsp3) is 0.519. The van der Waals surface area contributed by atoms with Crippen LogP contribution in [0.15, 0.2) is 30.5 Å². The van der Waals surface area contributed by atoms with Crippen LogP contribution < -0.4 is 16.4 Å². The molecular formula is C27H35F3N6O3. The second-order valence-electron chi connectivity index (χ2n) is 10.9. The van der Waals surface area contributed by atoms with Crippen LogP contribution in [0.25, 0.3) is 10.8 Å². The minimum Gasteiger partial charge on any atom is -0.383 e. The number of rotatable bonds is 5. The predicted molar refractivity (Wildman–Crippen MR) is 141 cm³/mol. The number of nitriles is 1. The number of carbonyl (C=O) groups is 3. The van der Waals surface area contributed by atoms with Crippen molar-refractivity contribution < 1.29 is 27.6 Å². The Labute approximate surface area is 225 Å². The van der Waals surface area contributed by atoms with Gasteiger partial charge in [0.2, 0.25) is 11.8 Å². The van der Waals surface area contributed by atoms with Gasteiger partial charge in [-0.1, -0.05) is 65.8 Å². The summed E-state index contributed by atoms with van der Waals surface area (Å²) in [6.45, 7) is 11.0. The van der Waals surface area contributed by atoms with E-state index in [0.717, 1.165) is 10.8 Å². The maximum Gasteiger partial charge on any atom is 0.471 e. The third-order valence-electron chi connectivity index (χ3n) is 6.45. The highest BCUT2D eigenvalue weighted by Gasteiger charge is 2.50. The van der Waals surface area contributed by atoms with E-state index >= 15 is 0 Å². The molecular weight excluding hydrogens is 513 g/mol. The zero-order valence-corrected chi connectivity index (χ0v) is 22.9. The number of anilines is 1. The monoisotopic (exact) mass is 548 g/mol. The van der Waals surface area contributed by atoms with E-state index in [1.165, 1.54) is 6.20 Å². The summed E-state index contributed by atoms with van der Waals surface area (Å²) in [5, 5.41) is 15.2. The smallest absolute Gasteiger partial charge is 0.383 e. The normalized spacial score (nSPS) is 19.1. The van der Waals surface area contributed by atoms with Crippen LogP contribution >= 0.6 is 0 Å². The van der Waals surface area contributed by atoms with Gasteiger partial charge in [0, 0.05) is 23.7 Å². The maximum atomic E-state index is 13.3. The number of fused-ring (bicyclic) bond motifs is 1. The van der Waals surface area contributed by atoms with Crippen molar-refractivity contribution in [1.29, 1.82) is 5.26 Å². The van der Waals surface area contributed by atoms with Gasteiger partial charge in [-0.05, 0) is 22.6 Å². The number of hydrogen-bond acceptors (Lipinski definition) is 6. The number of nitrogens with one attached hydrogen (secondary N) is 2. The summed E-state index contributed by atoms with van der Waals surface area (Å²) in [7, 11) is 0. The molecule has 3 amide bonds. The van der Waals surface area contributed by atoms with Crippen LogP contribution in [-0.2, 0) is 14.4 Å². The number of nitrogens with two attached hydrogens (primary N) is 1. The van der Waals surface area contributed by atoms with Crippen LogP contribution in [-0.4, -0.2) is 52.9 Å². The molecule has 1 aromatic heterocycles. The first kappa shape index (κ1) is 31.3. The Morgan fingerprint density at radius 2 is 1.77 bits per heavy atom. The number of alkyl halides is 3. The van der Waals surface area contributed by atoms with Gasteiger partial charge >= 0.3 is 12.1 Å². The number of benzene rings is 1. The predicted octanol–water partition coefficient (Wildman–Crippen LogP) is 3.71. The van der Waals surface area contributed by atoms with Crippen LogP contribution in [0.1, 0.15) is 53.1 Å². The number of carbonyl (C=O) groups excluding carboxylic acids is 3. The Hall–Kier alpha value is -3.88. The lowest BCUT2D eigenvalue weighted by atomic mass is 9.80. The van der Waals surface area contributed by atoms with E-state index < -0.39 is 53.9 Å². The Morgan fingerprint density at radius 1 is 1.21 bits per heavy atom. The van der Waals surface area contributed by atoms with Crippen LogP contribution in [0.2, 0.25) is 0 Å². The van der Waals surface area contributed by atoms with Crippen molar-refractivity contribution in [1.82, 2.24) is 20.5 Å². The van der Waals surface area contributed by atoms with Crippen LogP contribution in [0.3, 0.4) is 0 Å². The number of amides is 3. The molecule has 1 fully saturated rings. The van der Waals surface area contributed by atoms with E-state index in [9.17, 15) is 32.8 Å². The summed E-state index contributed by atoms with van der Waals surface area (Å²) >= 11 is 0. The van der Waals surface area contributed by atoms with Crippen molar-refractivity contribution in [2.24, 2.45) is 17.3 Å². The van der Waals surface area contributed by atoms with Gasteiger partial charge in [-0.15, -0.1) is 0 Å². The number of halogens is 3. The van der Waals surface area contributed by atoms with E-state index in [4.69, 9.17) is 5.73 Å². The van der Waals surface area contributed by atoms with E-state index in [-0.39, 0.29) is 12.4 Å². The molecule has 4 N–H and O–H groups in total. The van der Waals surface area contributed by atoms with Crippen molar-refractivity contribution in [3.8, 4) is 6.07 Å². The number of nitrogens with zero attached hydrogens (tertiary/aromatic N) is 3. The van der Waals surface area contributed by atoms with Gasteiger partial charge in [0.1, 0.15) is 17.9 Å². The molecule has 1 unspecified atom stereocenters. The molecule has 0 aliphatic carbocycles. The minimum atomic E-state index is -5.13. The Bertz CT molecular complexity index is 1250. The third-order valence-corrected chi connectivity index (χ3v) is 6.45. The second kappa shape index (κ2) is 12.3. The fourth-order valence-electron chi connectivity index (χ4n) is 4.22. The highest BCUT2D eigenvalue weighted by atomic mass is 19.4. The Balaban J connectivity index is 0.00000124. The first-order valence-electron chi connectivity index (χ1n) is 12.5. The molecule has 1 aliphatic rings. The van der Waals surface area contributed by atoms with Crippen LogP contribution in [0.4, 0.5) is 19.0 Å². The van der Waals surface area contributed by atoms with Gasteiger partial charge in [-0.2, -0.15) is 18.4 Å². The van der Waals surface area contributed by atoms with Gasteiger partial charge in [-0.3, -0.25) is 14.4 Å². The van der Waals surface area contributed by atoms with Crippen molar-refractivity contribution in [3.63, 3.8) is 0 Å². The van der Waals surface area contributed by atoms with E-state index in [2.05, 4.69) is 31.1 Å². The number of nitrogen functional groups attached to an aromatic ring is 1. The SMILES string of the molecule is CC(C)C.C[C@H]1[C@@H](C(=O)NC(C#N)c2cnc(N)c3ccccc23)N(C(=O)CNC(=O)C(F)(F)F)CC1(C)C. The quantitative estimate of drug-likeness (QED) is 0.520. The average Bonchev–Trinajstić information content (AvgIpc) is 3.09. The number of hydrogen-bond donors (Lipinski definition) is 3. The lowest BCUT2D eigenvalue weighted by Crippen LogP contribution is -2.52. The van der Waals surface area contributed by atoms with E-state index in [1.807, 2.05) is 19.9 Å². The molecule has 1 aliphatic heterocycles. The molecule has 39 heavy (non-hydrogen) atoms. The van der Waals surface area contributed by atoms with Crippen molar-refractivity contribution in [2.75, 3.05) is 18.8 Å². The molecule has 212 valence electrons. The van der Waals surface area contributed by atoms with Crippen LogP contribution in [0, 0.1) is 28.6 Å². The molecule has 2 heterocycles. The second-order valence-corrected chi connectivity index (χ2v) is 10.9. The molecule has 9 nitrogen and oxygen atoms in total. The minimum absolute atomic E-state index is 0.0799. The molecule has 1 saturated heterocycles. The largest absolute Gasteiger partial charge is 0.471 e. The number of aromatic nitrogens is 1. The standard InChI is InChI=1S/C23H25F3N6O3.C4H10/c1-12-18(32(11-22(12,2)3)17(33)10-30-21(35)23(24,25)26)20(34)31-16(8-27)15-9-29-19(28)14-7-5-4-6-13(14)15;1-4(2)3/h4-7,9,12,16,18H,10-11H2,1-3H3,(H2,28,29)(H,30,35)(H,31,34);4H,1-3H3/t12-,16?,18-;/m0./s1.